The number of nitrogens with zero attached hydrogens (tertiary/aromatic N) is 3. The molecule has 0 saturated carbocycles. The number of benzene rings is 1. The van der Waals surface area contributed by atoms with Crippen LogP contribution in [0.15, 0.2) is 30.5 Å². The van der Waals surface area contributed by atoms with Gasteiger partial charge >= 0.3 is 5.97 Å². The number of carboxylic acids is 1. The fourth-order valence-electron chi connectivity index (χ4n) is 3.62. The smallest absolute Gasteiger partial charge is 0.309 e. The fourth-order valence-corrected chi connectivity index (χ4v) is 3.62. The topological polar surface area (TPSA) is 97.1 Å². The van der Waals surface area contributed by atoms with Crippen LogP contribution in [0.3, 0.4) is 0 Å². The van der Waals surface area contributed by atoms with Crippen molar-refractivity contribution in [3.8, 4) is 5.69 Å². The number of likely N-dealkylation sites (N-methyl/N-ethyl adjacent to an activating group) is 1. The lowest BCUT2D eigenvalue weighted by Crippen LogP contribution is -2.34. The number of ketones is 1. The second-order valence-corrected chi connectivity index (χ2v) is 8.60. The van der Waals surface area contributed by atoms with Gasteiger partial charge in [0.1, 0.15) is 5.78 Å². The minimum absolute atomic E-state index is 0.105. The van der Waals surface area contributed by atoms with E-state index in [-0.39, 0.29) is 11.8 Å². The maximum atomic E-state index is 11.6. The minimum atomic E-state index is -0.864. The molecule has 0 fully saturated rings. The average Bonchev–Trinajstić information content (AvgIpc) is 3.09. The van der Waals surface area contributed by atoms with E-state index in [9.17, 15) is 14.7 Å². The number of hydrogen-bond donors (Lipinski definition) is 2. The lowest BCUT2D eigenvalue weighted by molar-refractivity contribution is -0.148. The summed E-state index contributed by atoms with van der Waals surface area (Å²) in [5.41, 5.74) is 1.45. The van der Waals surface area contributed by atoms with Gasteiger partial charge in [-0.3, -0.25) is 9.59 Å². The molecule has 0 bridgehead atoms. The maximum absolute atomic E-state index is 11.6. The number of rotatable bonds is 9. The van der Waals surface area contributed by atoms with Gasteiger partial charge < -0.3 is 10.4 Å². The number of aromatic nitrogens is 3. The molecule has 0 amide bonds. The van der Waals surface area contributed by atoms with Crippen molar-refractivity contribution in [3.05, 3.63) is 41.7 Å². The van der Waals surface area contributed by atoms with Crippen LogP contribution < -0.4 is 5.32 Å². The second-order valence-electron chi connectivity index (χ2n) is 8.60. The highest BCUT2D eigenvalue weighted by atomic mass is 16.4. The van der Waals surface area contributed by atoms with Crippen LogP contribution in [0, 0.1) is 5.41 Å². The standard InChI is InChI=1S/C21H30N4O3/c1-14(26)17(22-6)11-15-7-9-16(10-8-15)25-18(12-23-24-25)20(2,3)13-21(4,5)19(27)28/h7-10,12,17,22H,11,13H2,1-6H3,(H,27,28)/t17-/m0/s1. The number of Topliss-reactive ketones (excluding diaryl/α,β-unsaturated/α-hetero) is 1. The van der Waals surface area contributed by atoms with E-state index in [4.69, 9.17) is 0 Å². The Morgan fingerprint density at radius 2 is 1.79 bits per heavy atom. The molecule has 1 atom stereocenters. The van der Waals surface area contributed by atoms with E-state index in [0.29, 0.717) is 12.8 Å². The van der Waals surface area contributed by atoms with Gasteiger partial charge in [0, 0.05) is 5.41 Å². The average molecular weight is 386 g/mol. The molecule has 1 heterocycles. The Kier molecular flexibility index (Phi) is 6.39. The first-order chi connectivity index (χ1) is 13.0. The molecule has 0 aliphatic rings. The second kappa shape index (κ2) is 8.22. The number of hydrogen-bond acceptors (Lipinski definition) is 5. The first-order valence-corrected chi connectivity index (χ1v) is 9.39. The molecular formula is C21H30N4O3. The molecule has 1 aromatic carbocycles. The molecule has 152 valence electrons. The Balaban J connectivity index is 2.28. The molecule has 0 aliphatic heterocycles. The molecular weight excluding hydrogens is 356 g/mol. The molecule has 1 aromatic heterocycles. The number of carbonyl (C=O) groups is 2. The summed E-state index contributed by atoms with van der Waals surface area (Å²) < 4.78 is 1.75. The summed E-state index contributed by atoms with van der Waals surface area (Å²) in [6, 6.07) is 7.63. The zero-order valence-electron chi connectivity index (χ0n) is 17.5. The maximum Gasteiger partial charge on any atom is 0.309 e. The highest BCUT2D eigenvalue weighted by Crippen LogP contribution is 2.37. The molecule has 0 unspecified atom stereocenters. The molecule has 0 saturated heterocycles. The van der Waals surface area contributed by atoms with Crippen molar-refractivity contribution in [2.24, 2.45) is 5.41 Å². The third-order valence-electron chi connectivity index (χ3n) is 5.17. The van der Waals surface area contributed by atoms with Crippen LogP contribution in [0.4, 0.5) is 0 Å². The monoisotopic (exact) mass is 386 g/mol. The van der Waals surface area contributed by atoms with Gasteiger partial charge in [0.25, 0.3) is 0 Å². The molecule has 2 N–H and O–H groups in total. The molecule has 0 aliphatic carbocycles. The molecule has 0 radical (unpaired) electrons. The van der Waals surface area contributed by atoms with E-state index in [1.165, 1.54) is 0 Å². The number of nitrogens with one attached hydrogen (secondary N) is 1. The van der Waals surface area contributed by atoms with Crippen molar-refractivity contribution in [2.45, 2.75) is 58.9 Å². The molecule has 7 nitrogen and oxygen atoms in total. The van der Waals surface area contributed by atoms with Crippen molar-refractivity contribution >= 4 is 11.8 Å². The van der Waals surface area contributed by atoms with Crippen molar-refractivity contribution < 1.29 is 14.7 Å². The Morgan fingerprint density at radius 3 is 2.29 bits per heavy atom. The van der Waals surface area contributed by atoms with Gasteiger partial charge in [0.15, 0.2) is 0 Å². The highest BCUT2D eigenvalue weighted by Gasteiger charge is 2.37. The number of carboxylic acid groups (broad SMARTS) is 1. The SMILES string of the molecule is CN[C@@H](Cc1ccc(-n2nncc2C(C)(C)CC(C)(C)C(=O)O)cc1)C(C)=O. The minimum Gasteiger partial charge on any atom is -0.481 e. The first-order valence-electron chi connectivity index (χ1n) is 9.39. The van der Waals surface area contributed by atoms with Crippen LogP contribution >= 0.6 is 0 Å². The van der Waals surface area contributed by atoms with Crippen LogP contribution in [0.25, 0.3) is 5.69 Å². The molecule has 2 rings (SSSR count). The third kappa shape index (κ3) is 4.84. The molecule has 2 aromatic rings. The predicted octanol–water partition coefficient (Wildman–Crippen LogP) is 2.77. The Morgan fingerprint density at radius 1 is 1.18 bits per heavy atom. The predicted molar refractivity (Wildman–Crippen MR) is 108 cm³/mol. The summed E-state index contributed by atoms with van der Waals surface area (Å²) in [6.07, 6.45) is 2.76. The number of carbonyl (C=O) groups excluding carboxylic acids is 1. The van der Waals surface area contributed by atoms with Gasteiger partial charge in [-0.25, -0.2) is 4.68 Å². The van der Waals surface area contributed by atoms with Crippen molar-refractivity contribution in [1.82, 2.24) is 20.3 Å². The fraction of sp³-hybridized carbons (Fsp3) is 0.524. The number of aliphatic carboxylic acids is 1. The Labute approximate surface area is 166 Å². The normalized spacial score (nSPS) is 13.4. The highest BCUT2D eigenvalue weighted by molar-refractivity contribution is 5.81. The molecule has 0 spiro atoms. The van der Waals surface area contributed by atoms with Crippen LogP contribution in [0.5, 0.6) is 0 Å². The lowest BCUT2D eigenvalue weighted by Gasteiger charge is -2.32. The van der Waals surface area contributed by atoms with Gasteiger partial charge in [-0.05, 0) is 58.4 Å². The summed E-state index contributed by atoms with van der Waals surface area (Å²) in [4.78, 5) is 23.2. The van der Waals surface area contributed by atoms with E-state index in [2.05, 4.69) is 15.6 Å². The van der Waals surface area contributed by atoms with Crippen LogP contribution in [0.1, 0.15) is 52.3 Å². The van der Waals surface area contributed by atoms with Gasteiger partial charge in [0.2, 0.25) is 0 Å². The quantitative estimate of drug-likeness (QED) is 0.688. The van der Waals surface area contributed by atoms with Gasteiger partial charge in [0.05, 0.1) is 29.0 Å². The Bertz CT molecular complexity index is 838. The zero-order valence-corrected chi connectivity index (χ0v) is 17.5. The summed E-state index contributed by atoms with van der Waals surface area (Å²) >= 11 is 0. The van der Waals surface area contributed by atoms with E-state index < -0.39 is 16.8 Å². The third-order valence-corrected chi connectivity index (χ3v) is 5.17. The van der Waals surface area contributed by atoms with E-state index >= 15 is 0 Å². The summed E-state index contributed by atoms with van der Waals surface area (Å²) in [7, 11) is 1.78. The van der Waals surface area contributed by atoms with E-state index in [1.54, 1.807) is 38.7 Å². The van der Waals surface area contributed by atoms with Gasteiger partial charge in [-0.1, -0.05) is 31.2 Å². The molecule has 28 heavy (non-hydrogen) atoms. The first kappa shape index (κ1) is 21.8. The summed E-state index contributed by atoms with van der Waals surface area (Å²) in [5, 5.41) is 20.8. The van der Waals surface area contributed by atoms with Gasteiger partial charge in [-0.2, -0.15) is 0 Å². The van der Waals surface area contributed by atoms with Gasteiger partial charge in [-0.15, -0.1) is 5.10 Å². The largest absolute Gasteiger partial charge is 0.481 e. The zero-order chi connectivity index (χ0) is 21.1. The van der Waals surface area contributed by atoms with E-state index in [0.717, 1.165) is 16.9 Å². The van der Waals surface area contributed by atoms with Crippen molar-refractivity contribution in [2.75, 3.05) is 7.05 Å². The summed E-state index contributed by atoms with van der Waals surface area (Å²) in [6.45, 7) is 9.05. The van der Waals surface area contributed by atoms with Crippen LogP contribution in [-0.2, 0) is 21.4 Å². The van der Waals surface area contributed by atoms with Crippen LogP contribution in [0.2, 0.25) is 0 Å². The lowest BCUT2D eigenvalue weighted by atomic mass is 9.73. The van der Waals surface area contributed by atoms with Crippen molar-refractivity contribution in [3.63, 3.8) is 0 Å². The Hall–Kier alpha value is -2.54. The van der Waals surface area contributed by atoms with E-state index in [1.807, 2.05) is 38.1 Å². The van der Waals surface area contributed by atoms with Crippen LogP contribution in [-0.4, -0.2) is 44.9 Å². The summed E-state index contributed by atoms with van der Waals surface area (Å²) in [5.74, 6) is -0.721. The molecule has 7 heteroatoms. The van der Waals surface area contributed by atoms with Crippen molar-refractivity contribution in [1.29, 1.82) is 0 Å².